The minimum Gasteiger partial charge on any atom is -0.328 e. The van der Waals surface area contributed by atoms with Gasteiger partial charge in [0.1, 0.15) is 16.5 Å². The molecular formula is C17H17N5OS. The molecule has 0 atom stereocenters. The maximum atomic E-state index is 12.7. The normalized spacial score (nSPS) is 13.8. The largest absolute Gasteiger partial charge is 0.328 e. The van der Waals surface area contributed by atoms with Gasteiger partial charge in [-0.05, 0) is 0 Å². The molecule has 1 aromatic carbocycles. The molecule has 24 heavy (non-hydrogen) atoms. The van der Waals surface area contributed by atoms with Crippen molar-refractivity contribution < 1.29 is 4.79 Å². The van der Waals surface area contributed by atoms with E-state index in [0.717, 1.165) is 35.2 Å². The lowest BCUT2D eigenvalue weighted by molar-refractivity contribution is 0.0701. The maximum absolute atomic E-state index is 12.7. The minimum atomic E-state index is -0.0410. The topological polar surface area (TPSA) is 63.9 Å². The van der Waals surface area contributed by atoms with Gasteiger partial charge in [0, 0.05) is 30.5 Å². The lowest BCUT2D eigenvalue weighted by Crippen LogP contribution is -2.38. The van der Waals surface area contributed by atoms with Crippen LogP contribution >= 0.6 is 11.3 Å². The number of hydrogen-bond donors (Lipinski definition) is 0. The second-order valence-corrected chi connectivity index (χ2v) is 6.53. The van der Waals surface area contributed by atoms with Crippen molar-refractivity contribution in [1.82, 2.24) is 24.6 Å². The third-order valence-electron chi connectivity index (χ3n) is 4.18. The van der Waals surface area contributed by atoms with Crippen LogP contribution in [0.5, 0.6) is 0 Å². The number of amides is 1. The van der Waals surface area contributed by atoms with Gasteiger partial charge in [-0.2, -0.15) is 0 Å². The van der Waals surface area contributed by atoms with Crippen LogP contribution in [0.25, 0.3) is 10.6 Å². The highest BCUT2D eigenvalue weighted by Crippen LogP contribution is 2.24. The van der Waals surface area contributed by atoms with Crippen molar-refractivity contribution in [1.29, 1.82) is 0 Å². The van der Waals surface area contributed by atoms with Gasteiger partial charge in [0.15, 0.2) is 5.82 Å². The molecule has 1 amide bonds. The van der Waals surface area contributed by atoms with E-state index in [1.54, 1.807) is 4.90 Å². The molecule has 0 aliphatic carbocycles. The molecule has 0 saturated heterocycles. The van der Waals surface area contributed by atoms with E-state index in [2.05, 4.69) is 26.7 Å². The van der Waals surface area contributed by atoms with Crippen LogP contribution in [0.15, 0.2) is 35.7 Å². The Balaban J connectivity index is 1.54. The van der Waals surface area contributed by atoms with Crippen molar-refractivity contribution in [3.63, 3.8) is 0 Å². The van der Waals surface area contributed by atoms with Gasteiger partial charge in [0.05, 0.1) is 6.54 Å². The van der Waals surface area contributed by atoms with Crippen LogP contribution in [-0.4, -0.2) is 37.1 Å². The number of nitrogens with zero attached hydrogens (tertiary/aromatic N) is 5. The molecule has 0 saturated carbocycles. The number of carbonyl (C=O) groups excluding carboxylic acids is 1. The summed E-state index contributed by atoms with van der Waals surface area (Å²) in [5.74, 6) is 1.79. The van der Waals surface area contributed by atoms with Crippen LogP contribution in [0.4, 0.5) is 0 Å². The van der Waals surface area contributed by atoms with Crippen molar-refractivity contribution in [3.05, 3.63) is 53.1 Å². The molecule has 0 spiro atoms. The zero-order valence-corrected chi connectivity index (χ0v) is 14.2. The SMILES string of the molecule is CCc1nnc2n1CCN(C(=O)c1csc(-c3ccccc3)n1)C2. The summed E-state index contributed by atoms with van der Waals surface area (Å²) < 4.78 is 2.11. The van der Waals surface area contributed by atoms with Gasteiger partial charge < -0.3 is 9.47 Å². The van der Waals surface area contributed by atoms with Gasteiger partial charge in [-0.25, -0.2) is 4.98 Å². The van der Waals surface area contributed by atoms with E-state index < -0.39 is 0 Å². The highest BCUT2D eigenvalue weighted by atomic mass is 32.1. The Hall–Kier alpha value is -2.54. The standard InChI is InChI=1S/C17H17N5OS/c1-2-14-19-20-15-10-21(8-9-22(14)15)17(23)13-11-24-16(18-13)12-6-4-3-5-7-12/h3-7,11H,2,8-10H2,1H3. The second kappa shape index (κ2) is 6.16. The lowest BCUT2D eigenvalue weighted by Gasteiger charge is -2.27. The molecule has 0 N–H and O–H groups in total. The molecule has 0 unspecified atom stereocenters. The van der Waals surface area contributed by atoms with E-state index in [1.165, 1.54) is 11.3 Å². The van der Waals surface area contributed by atoms with E-state index >= 15 is 0 Å². The third-order valence-corrected chi connectivity index (χ3v) is 5.07. The van der Waals surface area contributed by atoms with Gasteiger partial charge in [-0.1, -0.05) is 37.3 Å². The number of benzene rings is 1. The van der Waals surface area contributed by atoms with Crippen molar-refractivity contribution in [2.75, 3.05) is 6.54 Å². The molecule has 7 heteroatoms. The fraction of sp³-hybridized carbons (Fsp3) is 0.294. The number of rotatable bonds is 3. The predicted molar refractivity (Wildman–Crippen MR) is 91.7 cm³/mol. The molecule has 4 rings (SSSR count). The molecule has 2 aromatic heterocycles. The molecule has 6 nitrogen and oxygen atoms in total. The Morgan fingerprint density at radius 2 is 2.04 bits per heavy atom. The summed E-state index contributed by atoms with van der Waals surface area (Å²) in [5.41, 5.74) is 1.54. The first-order chi connectivity index (χ1) is 11.8. The summed E-state index contributed by atoms with van der Waals surface area (Å²) in [6, 6.07) is 9.92. The Kier molecular flexibility index (Phi) is 3.86. The van der Waals surface area contributed by atoms with E-state index in [9.17, 15) is 4.79 Å². The first-order valence-electron chi connectivity index (χ1n) is 7.97. The van der Waals surface area contributed by atoms with Gasteiger partial charge in [0.2, 0.25) is 0 Å². The number of aryl methyl sites for hydroxylation is 1. The maximum Gasteiger partial charge on any atom is 0.273 e. The van der Waals surface area contributed by atoms with E-state index in [0.29, 0.717) is 18.8 Å². The molecule has 0 bridgehead atoms. The van der Waals surface area contributed by atoms with Crippen LogP contribution in [0.3, 0.4) is 0 Å². The smallest absolute Gasteiger partial charge is 0.273 e. The molecule has 3 aromatic rings. The van der Waals surface area contributed by atoms with E-state index in [-0.39, 0.29) is 5.91 Å². The molecule has 0 radical (unpaired) electrons. The summed E-state index contributed by atoms with van der Waals surface area (Å²) in [6.07, 6.45) is 0.855. The molecular weight excluding hydrogens is 322 g/mol. The molecule has 1 aliphatic heterocycles. The Morgan fingerprint density at radius 3 is 2.83 bits per heavy atom. The fourth-order valence-corrected chi connectivity index (χ4v) is 3.70. The average Bonchev–Trinajstić information content (AvgIpc) is 3.28. The summed E-state index contributed by atoms with van der Waals surface area (Å²) in [6.45, 7) is 3.96. The second-order valence-electron chi connectivity index (χ2n) is 5.67. The number of fused-ring (bicyclic) bond motifs is 1. The first kappa shape index (κ1) is 15.0. The first-order valence-corrected chi connectivity index (χ1v) is 8.85. The van der Waals surface area contributed by atoms with Gasteiger partial charge in [-0.15, -0.1) is 21.5 Å². The molecule has 1 aliphatic rings. The zero-order valence-electron chi connectivity index (χ0n) is 13.3. The van der Waals surface area contributed by atoms with Crippen molar-refractivity contribution >= 4 is 17.2 Å². The molecule has 3 heterocycles. The van der Waals surface area contributed by atoms with Crippen molar-refractivity contribution in [2.45, 2.75) is 26.4 Å². The van der Waals surface area contributed by atoms with E-state index in [4.69, 9.17) is 0 Å². The fourth-order valence-electron chi connectivity index (χ4n) is 2.90. The number of thiazole rings is 1. The Labute approximate surface area is 143 Å². The Morgan fingerprint density at radius 1 is 1.21 bits per heavy atom. The highest BCUT2D eigenvalue weighted by Gasteiger charge is 2.26. The lowest BCUT2D eigenvalue weighted by atomic mass is 10.2. The van der Waals surface area contributed by atoms with Gasteiger partial charge in [0.25, 0.3) is 5.91 Å². The van der Waals surface area contributed by atoms with Crippen LogP contribution in [0, 0.1) is 0 Å². The summed E-state index contributed by atoms with van der Waals surface area (Å²) >= 11 is 1.50. The number of carbonyl (C=O) groups is 1. The van der Waals surface area contributed by atoms with Crippen LogP contribution < -0.4 is 0 Å². The monoisotopic (exact) mass is 339 g/mol. The number of aromatic nitrogens is 4. The summed E-state index contributed by atoms with van der Waals surface area (Å²) in [4.78, 5) is 19.1. The van der Waals surface area contributed by atoms with Gasteiger partial charge >= 0.3 is 0 Å². The summed E-state index contributed by atoms with van der Waals surface area (Å²) in [5, 5.41) is 11.1. The Bertz CT molecular complexity index is 870. The molecule has 0 fully saturated rings. The van der Waals surface area contributed by atoms with Crippen LogP contribution in [0.2, 0.25) is 0 Å². The summed E-state index contributed by atoms with van der Waals surface area (Å²) in [7, 11) is 0. The predicted octanol–water partition coefficient (Wildman–Crippen LogP) is 2.62. The quantitative estimate of drug-likeness (QED) is 0.736. The van der Waals surface area contributed by atoms with Gasteiger partial charge in [-0.3, -0.25) is 4.79 Å². The number of hydrogen-bond acceptors (Lipinski definition) is 5. The van der Waals surface area contributed by atoms with Crippen LogP contribution in [-0.2, 0) is 19.5 Å². The zero-order chi connectivity index (χ0) is 16.5. The van der Waals surface area contributed by atoms with Crippen molar-refractivity contribution in [3.8, 4) is 10.6 Å². The van der Waals surface area contributed by atoms with Crippen LogP contribution in [0.1, 0.15) is 29.1 Å². The minimum absolute atomic E-state index is 0.0410. The average molecular weight is 339 g/mol. The third kappa shape index (κ3) is 2.60. The van der Waals surface area contributed by atoms with Crippen molar-refractivity contribution in [2.24, 2.45) is 0 Å². The molecule has 122 valence electrons. The highest BCUT2D eigenvalue weighted by molar-refractivity contribution is 7.13. The van der Waals surface area contributed by atoms with E-state index in [1.807, 2.05) is 35.7 Å².